The van der Waals surface area contributed by atoms with Gasteiger partial charge in [-0.3, -0.25) is 4.79 Å². The van der Waals surface area contributed by atoms with Gasteiger partial charge in [0.1, 0.15) is 24.3 Å². The molecule has 1 fully saturated rings. The van der Waals surface area contributed by atoms with Gasteiger partial charge in [-0.15, -0.1) is 11.6 Å². The number of rotatable bonds is 11. The summed E-state index contributed by atoms with van der Waals surface area (Å²) in [6, 6.07) is 19.5. The summed E-state index contributed by atoms with van der Waals surface area (Å²) in [5, 5.41) is 9.11. The van der Waals surface area contributed by atoms with Crippen LogP contribution in [-0.2, 0) is 9.53 Å². The molecule has 0 heterocycles. The van der Waals surface area contributed by atoms with Crippen LogP contribution in [0.4, 0.5) is 0 Å². The first kappa shape index (κ1) is 27.1. The van der Waals surface area contributed by atoms with Crippen molar-refractivity contribution in [3.05, 3.63) is 54.1 Å². The van der Waals surface area contributed by atoms with Crippen molar-refractivity contribution in [2.45, 2.75) is 77.0 Å². The molecule has 0 bridgehead atoms. The lowest BCUT2D eigenvalue weighted by Gasteiger charge is -2.35. The summed E-state index contributed by atoms with van der Waals surface area (Å²) in [5.74, 6) is 0.914. The van der Waals surface area contributed by atoms with Crippen molar-refractivity contribution in [1.82, 2.24) is 0 Å². The van der Waals surface area contributed by atoms with Crippen LogP contribution in [0, 0.1) is 22.7 Å². The Balaban J connectivity index is 1.48. The molecule has 35 heavy (non-hydrogen) atoms. The van der Waals surface area contributed by atoms with Gasteiger partial charge in [0, 0.05) is 0 Å². The molecule has 2 aromatic rings. The zero-order valence-corrected chi connectivity index (χ0v) is 22.0. The van der Waals surface area contributed by atoms with E-state index >= 15 is 0 Å². The second-order valence-corrected chi connectivity index (χ2v) is 10.5. The smallest absolute Gasteiger partial charge is 0.324 e. The van der Waals surface area contributed by atoms with E-state index in [-0.39, 0.29) is 24.5 Å². The van der Waals surface area contributed by atoms with Crippen molar-refractivity contribution in [3.8, 4) is 22.9 Å². The van der Waals surface area contributed by atoms with E-state index < -0.39 is 11.3 Å². The van der Waals surface area contributed by atoms with Crippen molar-refractivity contribution in [1.29, 1.82) is 5.26 Å². The molecule has 0 N–H and O–H groups in total. The van der Waals surface area contributed by atoms with E-state index in [1.807, 2.05) is 38.1 Å². The highest BCUT2D eigenvalue weighted by molar-refractivity contribution is 6.30. The average Bonchev–Trinajstić information content (AvgIpc) is 2.90. The number of carbonyl (C=O) groups excluding carboxylic acids is 1. The van der Waals surface area contributed by atoms with Crippen LogP contribution in [0.15, 0.2) is 48.5 Å². The molecule has 3 rings (SSSR count). The zero-order valence-electron chi connectivity index (χ0n) is 21.3. The molecule has 1 unspecified atom stereocenters. The zero-order chi connectivity index (χ0) is 25.3. The summed E-state index contributed by atoms with van der Waals surface area (Å²) < 4.78 is 10.9. The average molecular weight is 496 g/mol. The van der Waals surface area contributed by atoms with Crippen molar-refractivity contribution >= 4 is 17.6 Å². The van der Waals surface area contributed by atoms with E-state index in [4.69, 9.17) is 21.1 Å². The second-order valence-electron chi connectivity index (χ2n) is 10.1. The van der Waals surface area contributed by atoms with Crippen LogP contribution in [0.3, 0.4) is 0 Å². The van der Waals surface area contributed by atoms with Crippen molar-refractivity contribution in [2.75, 3.05) is 13.2 Å². The fourth-order valence-electron chi connectivity index (χ4n) is 4.78. The standard InChI is InChI=1S/C30H38ClNO3/c1-4-5-16-30(21-32)17-14-26(15-18-30)24-8-6-23(7-9-24)25-10-12-27(13-11-25)34-19-20-35-29(33)28(31)22(2)3/h6-13,22,26,28H,4-5,14-20H2,1-3H3. The number of hydrogen-bond donors (Lipinski definition) is 0. The van der Waals surface area contributed by atoms with Crippen LogP contribution in [0.2, 0.25) is 0 Å². The van der Waals surface area contributed by atoms with Crippen molar-refractivity contribution in [3.63, 3.8) is 0 Å². The van der Waals surface area contributed by atoms with Gasteiger partial charge in [0.05, 0.1) is 11.5 Å². The van der Waals surface area contributed by atoms with E-state index in [0.717, 1.165) is 56.3 Å². The number of halogens is 1. The van der Waals surface area contributed by atoms with Gasteiger partial charge < -0.3 is 9.47 Å². The number of nitrogens with zero attached hydrogens (tertiary/aromatic N) is 1. The first-order chi connectivity index (χ1) is 16.9. The number of esters is 1. The molecular formula is C30H38ClNO3. The van der Waals surface area contributed by atoms with Gasteiger partial charge in [-0.1, -0.05) is 70.0 Å². The van der Waals surface area contributed by atoms with Crippen LogP contribution in [0.25, 0.3) is 11.1 Å². The van der Waals surface area contributed by atoms with E-state index in [1.54, 1.807) is 0 Å². The fraction of sp³-hybridized carbons (Fsp3) is 0.533. The Labute approximate surface area is 215 Å². The Morgan fingerprint density at radius 3 is 2.20 bits per heavy atom. The van der Waals surface area contributed by atoms with Gasteiger partial charge in [-0.2, -0.15) is 5.26 Å². The summed E-state index contributed by atoms with van der Waals surface area (Å²) >= 11 is 6.00. The summed E-state index contributed by atoms with van der Waals surface area (Å²) in [4.78, 5) is 11.8. The molecule has 0 aliphatic heterocycles. The Morgan fingerprint density at radius 1 is 1.06 bits per heavy atom. The second kappa shape index (κ2) is 13.0. The molecular weight excluding hydrogens is 458 g/mol. The maximum Gasteiger partial charge on any atom is 0.324 e. The maximum atomic E-state index is 11.8. The van der Waals surface area contributed by atoms with E-state index in [0.29, 0.717) is 5.92 Å². The summed E-state index contributed by atoms with van der Waals surface area (Å²) in [7, 11) is 0. The van der Waals surface area contributed by atoms with Crippen LogP contribution >= 0.6 is 11.6 Å². The Bertz CT molecular complexity index is 970. The molecule has 0 radical (unpaired) electrons. The molecule has 5 heteroatoms. The summed E-state index contributed by atoms with van der Waals surface area (Å²) in [5.41, 5.74) is 3.57. The molecule has 0 spiro atoms. The lowest BCUT2D eigenvalue weighted by atomic mass is 9.67. The Hall–Kier alpha value is -2.51. The minimum atomic E-state index is -0.629. The minimum absolute atomic E-state index is 0.0351. The highest BCUT2D eigenvalue weighted by Crippen LogP contribution is 2.45. The Kier molecular flexibility index (Phi) is 10.0. The molecule has 1 aliphatic carbocycles. The van der Waals surface area contributed by atoms with Crippen LogP contribution in [0.5, 0.6) is 5.75 Å². The maximum absolute atomic E-state index is 11.8. The van der Waals surface area contributed by atoms with Crippen molar-refractivity contribution < 1.29 is 14.3 Å². The van der Waals surface area contributed by atoms with E-state index in [2.05, 4.69) is 37.3 Å². The fourth-order valence-corrected chi connectivity index (χ4v) is 4.84. The molecule has 1 atom stereocenters. The highest BCUT2D eigenvalue weighted by Gasteiger charge is 2.35. The van der Waals surface area contributed by atoms with Gasteiger partial charge in [0.2, 0.25) is 0 Å². The van der Waals surface area contributed by atoms with Crippen LogP contribution in [-0.4, -0.2) is 24.6 Å². The minimum Gasteiger partial charge on any atom is -0.490 e. The third-order valence-electron chi connectivity index (χ3n) is 7.17. The largest absolute Gasteiger partial charge is 0.490 e. The number of unbranched alkanes of at least 4 members (excludes halogenated alkanes) is 1. The predicted molar refractivity (Wildman–Crippen MR) is 142 cm³/mol. The lowest BCUT2D eigenvalue weighted by Crippen LogP contribution is -2.25. The molecule has 1 aliphatic rings. The lowest BCUT2D eigenvalue weighted by molar-refractivity contribution is -0.144. The molecule has 2 aromatic carbocycles. The molecule has 188 valence electrons. The van der Waals surface area contributed by atoms with Gasteiger partial charge in [0.15, 0.2) is 0 Å². The molecule has 0 saturated heterocycles. The van der Waals surface area contributed by atoms with Crippen molar-refractivity contribution in [2.24, 2.45) is 11.3 Å². The monoisotopic (exact) mass is 495 g/mol. The number of hydrogen-bond acceptors (Lipinski definition) is 4. The van der Waals surface area contributed by atoms with Crippen LogP contribution in [0.1, 0.15) is 77.2 Å². The number of ether oxygens (including phenoxy) is 2. The van der Waals surface area contributed by atoms with Gasteiger partial charge in [-0.25, -0.2) is 0 Å². The van der Waals surface area contributed by atoms with E-state index in [1.165, 1.54) is 11.1 Å². The summed E-state index contributed by atoms with van der Waals surface area (Å²) in [6.07, 6.45) is 7.58. The molecule has 1 saturated carbocycles. The Morgan fingerprint density at radius 2 is 1.66 bits per heavy atom. The molecule has 4 nitrogen and oxygen atoms in total. The topological polar surface area (TPSA) is 59.3 Å². The number of nitriles is 1. The highest BCUT2D eigenvalue weighted by atomic mass is 35.5. The predicted octanol–water partition coefficient (Wildman–Crippen LogP) is 7.90. The third-order valence-corrected chi connectivity index (χ3v) is 7.85. The number of benzene rings is 2. The molecule has 0 aromatic heterocycles. The third kappa shape index (κ3) is 7.48. The van der Waals surface area contributed by atoms with E-state index in [9.17, 15) is 10.1 Å². The normalized spacial score (nSPS) is 20.7. The quantitative estimate of drug-likeness (QED) is 0.180. The number of alkyl halides is 1. The number of carbonyl (C=O) groups is 1. The first-order valence-corrected chi connectivity index (χ1v) is 13.4. The molecule has 0 amide bonds. The van der Waals surface area contributed by atoms with Gasteiger partial charge >= 0.3 is 5.97 Å². The SMILES string of the molecule is CCCCC1(C#N)CCC(c2ccc(-c3ccc(OCCOC(=O)C(Cl)C(C)C)cc3)cc2)CC1. The summed E-state index contributed by atoms with van der Waals surface area (Å²) in [6.45, 7) is 6.43. The van der Waals surface area contributed by atoms with Gasteiger partial charge in [-0.05, 0) is 72.8 Å². The first-order valence-electron chi connectivity index (χ1n) is 12.9. The van der Waals surface area contributed by atoms with Gasteiger partial charge in [0.25, 0.3) is 0 Å². The van der Waals surface area contributed by atoms with Crippen LogP contribution < -0.4 is 4.74 Å².